The van der Waals surface area contributed by atoms with Crippen molar-refractivity contribution in [3.05, 3.63) is 5.21 Å². The van der Waals surface area contributed by atoms with Crippen molar-refractivity contribution in [2.45, 2.75) is 0 Å². The molecule has 3 nitrogen and oxygen atoms in total. The SMILES string of the molecule is [O-][N+]12CCN(CC1)CC2. The van der Waals surface area contributed by atoms with Gasteiger partial charge < -0.3 is 9.85 Å². The fraction of sp³-hybridized carbons (Fsp3) is 1.00. The van der Waals surface area contributed by atoms with Crippen molar-refractivity contribution in [2.24, 2.45) is 0 Å². The van der Waals surface area contributed by atoms with Crippen molar-refractivity contribution in [2.75, 3.05) is 39.3 Å². The normalized spacial score (nSPS) is 49.7. The van der Waals surface area contributed by atoms with Gasteiger partial charge in [0.25, 0.3) is 0 Å². The first-order valence-electron chi connectivity index (χ1n) is 3.58. The van der Waals surface area contributed by atoms with E-state index in [2.05, 4.69) is 4.90 Å². The van der Waals surface area contributed by atoms with Gasteiger partial charge in [-0.1, -0.05) is 0 Å². The van der Waals surface area contributed by atoms with Crippen LogP contribution < -0.4 is 0 Å². The number of quaternary nitrogens is 1. The Hall–Kier alpha value is -0.120. The van der Waals surface area contributed by atoms with Crippen LogP contribution in [0.4, 0.5) is 0 Å². The fourth-order valence-electron chi connectivity index (χ4n) is 1.64. The molecule has 0 unspecified atom stereocenters. The number of piperazine rings is 3. The average Bonchev–Trinajstić information content (AvgIpc) is 1.90. The summed E-state index contributed by atoms with van der Waals surface area (Å²) >= 11 is 0. The van der Waals surface area contributed by atoms with Gasteiger partial charge in [0.2, 0.25) is 0 Å². The van der Waals surface area contributed by atoms with Gasteiger partial charge in [0.1, 0.15) is 0 Å². The third kappa shape index (κ3) is 0.852. The molecule has 0 aliphatic carbocycles. The molecular formula is C6H12N2O. The molecule has 0 amide bonds. The van der Waals surface area contributed by atoms with Crippen LogP contribution in [-0.2, 0) is 0 Å². The zero-order valence-electron chi connectivity index (χ0n) is 5.55. The summed E-state index contributed by atoms with van der Waals surface area (Å²) in [5.41, 5.74) is 0. The van der Waals surface area contributed by atoms with Crippen LogP contribution in [-0.4, -0.2) is 48.8 Å². The highest BCUT2D eigenvalue weighted by molar-refractivity contribution is 4.70. The molecule has 2 bridgehead atoms. The summed E-state index contributed by atoms with van der Waals surface area (Å²) in [6.07, 6.45) is 0. The van der Waals surface area contributed by atoms with E-state index in [-0.39, 0.29) is 4.65 Å². The van der Waals surface area contributed by atoms with Crippen LogP contribution in [0.25, 0.3) is 0 Å². The van der Waals surface area contributed by atoms with Crippen LogP contribution in [0, 0.1) is 5.21 Å². The molecular weight excluding hydrogens is 116 g/mol. The molecule has 3 heteroatoms. The van der Waals surface area contributed by atoms with Gasteiger partial charge >= 0.3 is 0 Å². The Balaban J connectivity index is 2.11. The predicted octanol–water partition coefficient (Wildman–Crippen LogP) is -0.370. The number of nitrogens with zero attached hydrogens (tertiary/aromatic N) is 2. The Labute approximate surface area is 55.0 Å². The largest absolute Gasteiger partial charge is 0.633 e. The van der Waals surface area contributed by atoms with Gasteiger partial charge in [-0.2, -0.15) is 0 Å². The van der Waals surface area contributed by atoms with Crippen molar-refractivity contribution in [1.82, 2.24) is 4.90 Å². The monoisotopic (exact) mass is 128 g/mol. The molecule has 0 atom stereocenters. The first-order chi connectivity index (χ1) is 4.29. The summed E-state index contributed by atoms with van der Waals surface area (Å²) in [5, 5.41) is 11.4. The second-order valence-electron chi connectivity index (χ2n) is 3.07. The maximum absolute atomic E-state index is 11.4. The lowest BCUT2D eigenvalue weighted by atomic mass is 10.2. The van der Waals surface area contributed by atoms with Gasteiger partial charge in [-0.3, -0.25) is 4.90 Å². The number of hydrogen-bond donors (Lipinski definition) is 0. The molecule has 3 fully saturated rings. The van der Waals surface area contributed by atoms with E-state index >= 15 is 0 Å². The summed E-state index contributed by atoms with van der Waals surface area (Å²) in [6, 6.07) is 0. The Morgan fingerprint density at radius 2 is 1.44 bits per heavy atom. The lowest BCUT2D eigenvalue weighted by molar-refractivity contribution is -0.895. The van der Waals surface area contributed by atoms with E-state index < -0.39 is 0 Å². The highest BCUT2D eigenvalue weighted by Gasteiger charge is 2.31. The summed E-state index contributed by atoms with van der Waals surface area (Å²) in [4.78, 5) is 2.37. The molecule has 3 rings (SSSR count). The third-order valence-corrected chi connectivity index (χ3v) is 2.47. The number of hydrogen-bond acceptors (Lipinski definition) is 2. The third-order valence-electron chi connectivity index (χ3n) is 2.47. The molecule has 3 aliphatic rings. The lowest BCUT2D eigenvalue weighted by Gasteiger charge is -2.53. The molecule has 0 spiro atoms. The van der Waals surface area contributed by atoms with Crippen LogP contribution >= 0.6 is 0 Å². The van der Waals surface area contributed by atoms with Gasteiger partial charge in [-0.15, -0.1) is 0 Å². The zero-order valence-corrected chi connectivity index (χ0v) is 5.55. The predicted molar refractivity (Wildman–Crippen MR) is 34.7 cm³/mol. The summed E-state index contributed by atoms with van der Waals surface area (Å²) in [7, 11) is 0. The summed E-state index contributed by atoms with van der Waals surface area (Å²) in [5.74, 6) is 0. The van der Waals surface area contributed by atoms with Gasteiger partial charge in [-0.25, -0.2) is 0 Å². The minimum atomic E-state index is 0.0938. The number of fused-ring (bicyclic) bond motifs is 3. The minimum Gasteiger partial charge on any atom is -0.633 e. The van der Waals surface area contributed by atoms with Gasteiger partial charge in [0.15, 0.2) is 0 Å². The number of hydroxylamine groups is 3. The molecule has 0 aromatic carbocycles. The maximum Gasteiger partial charge on any atom is 0.0913 e. The first-order valence-corrected chi connectivity index (χ1v) is 3.58. The van der Waals surface area contributed by atoms with Gasteiger partial charge in [-0.05, 0) is 0 Å². The Morgan fingerprint density at radius 1 is 1.00 bits per heavy atom. The highest BCUT2D eigenvalue weighted by atomic mass is 16.5. The second-order valence-corrected chi connectivity index (χ2v) is 3.07. The van der Waals surface area contributed by atoms with Crippen molar-refractivity contribution < 1.29 is 4.65 Å². The van der Waals surface area contributed by atoms with E-state index in [0.717, 1.165) is 39.3 Å². The van der Waals surface area contributed by atoms with Crippen LogP contribution in [0.5, 0.6) is 0 Å². The van der Waals surface area contributed by atoms with E-state index in [1.807, 2.05) is 0 Å². The van der Waals surface area contributed by atoms with Crippen molar-refractivity contribution in [1.29, 1.82) is 0 Å². The quantitative estimate of drug-likeness (QED) is 0.328. The van der Waals surface area contributed by atoms with Crippen LogP contribution in [0.3, 0.4) is 0 Å². The van der Waals surface area contributed by atoms with Crippen molar-refractivity contribution in [3.8, 4) is 0 Å². The van der Waals surface area contributed by atoms with Crippen molar-refractivity contribution in [3.63, 3.8) is 0 Å². The average molecular weight is 128 g/mol. The van der Waals surface area contributed by atoms with Crippen molar-refractivity contribution >= 4 is 0 Å². The topological polar surface area (TPSA) is 26.3 Å². The zero-order chi connectivity index (χ0) is 6.32. The van der Waals surface area contributed by atoms with E-state index in [0.29, 0.717) is 0 Å². The molecule has 0 saturated carbocycles. The first kappa shape index (κ1) is 5.65. The standard InChI is InChI=1S/C6H12N2O/c9-8-4-1-7(2-5-8)3-6-8/h1-6H2. The van der Waals surface area contributed by atoms with E-state index in [1.165, 1.54) is 0 Å². The minimum absolute atomic E-state index is 0.0938. The smallest absolute Gasteiger partial charge is 0.0913 e. The Bertz CT molecular complexity index is 104. The Morgan fingerprint density at radius 3 is 1.67 bits per heavy atom. The molecule has 9 heavy (non-hydrogen) atoms. The summed E-state index contributed by atoms with van der Waals surface area (Å²) < 4.78 is 0.0938. The van der Waals surface area contributed by atoms with E-state index in [1.54, 1.807) is 0 Å². The molecule has 52 valence electrons. The maximum atomic E-state index is 11.4. The highest BCUT2D eigenvalue weighted by Crippen LogP contribution is 2.16. The van der Waals surface area contributed by atoms with Crippen LogP contribution in [0.1, 0.15) is 0 Å². The van der Waals surface area contributed by atoms with Crippen LogP contribution in [0.15, 0.2) is 0 Å². The lowest BCUT2D eigenvalue weighted by Crippen LogP contribution is -2.64. The molecule has 0 aromatic heterocycles. The summed E-state index contributed by atoms with van der Waals surface area (Å²) in [6.45, 7) is 5.59. The molecule has 3 aliphatic heterocycles. The molecule has 3 heterocycles. The van der Waals surface area contributed by atoms with Gasteiger partial charge in [0, 0.05) is 19.6 Å². The van der Waals surface area contributed by atoms with Gasteiger partial charge in [0.05, 0.1) is 19.6 Å². The van der Waals surface area contributed by atoms with Crippen LogP contribution in [0.2, 0.25) is 0 Å². The molecule has 0 aromatic rings. The Kier molecular flexibility index (Phi) is 1.06. The number of rotatable bonds is 0. The molecule has 0 N–H and O–H groups in total. The fourth-order valence-corrected chi connectivity index (χ4v) is 1.64. The van der Waals surface area contributed by atoms with E-state index in [4.69, 9.17) is 0 Å². The molecule has 0 radical (unpaired) electrons. The molecule has 3 saturated heterocycles. The van der Waals surface area contributed by atoms with E-state index in [9.17, 15) is 5.21 Å². The second kappa shape index (κ2) is 1.68.